The van der Waals surface area contributed by atoms with E-state index in [1.165, 1.54) is 29.1 Å². The van der Waals surface area contributed by atoms with Crippen molar-refractivity contribution in [3.8, 4) is 17.2 Å². The number of rotatable bonds is 10. The number of hydrogen-bond donors (Lipinski definition) is 2. The van der Waals surface area contributed by atoms with Gasteiger partial charge in [0.15, 0.2) is 5.82 Å². The number of aromatic amines is 1. The zero-order valence-electron chi connectivity index (χ0n) is 36.7. The molecule has 0 unspecified atom stereocenters. The normalized spacial score (nSPS) is 20.9. The van der Waals surface area contributed by atoms with Crippen molar-refractivity contribution < 1.29 is 27.0 Å². The fourth-order valence-electron chi connectivity index (χ4n) is 10.3. The van der Waals surface area contributed by atoms with E-state index < -0.39 is 38.6 Å². The Balaban J connectivity index is 1.12. The summed E-state index contributed by atoms with van der Waals surface area (Å²) in [4.78, 5) is 47.2. The lowest BCUT2D eigenvalue weighted by Crippen LogP contribution is -2.41. The average Bonchev–Trinajstić information content (AvgIpc) is 3.70. The quantitative estimate of drug-likeness (QED) is 0.141. The maximum Gasteiger partial charge on any atom is 0.438 e. The fourth-order valence-corrected chi connectivity index (χ4v) is 11.2. The Labute approximate surface area is 372 Å². The Hall–Kier alpha value is -6.40. The molecule has 0 bridgehead atoms. The van der Waals surface area contributed by atoms with E-state index in [0.29, 0.717) is 77.4 Å². The third-order valence-corrected chi connectivity index (χ3v) is 15.7. The lowest BCUT2D eigenvalue weighted by Gasteiger charge is -2.34. The van der Waals surface area contributed by atoms with Crippen molar-refractivity contribution in [3.05, 3.63) is 139 Å². The summed E-state index contributed by atoms with van der Waals surface area (Å²) in [6.07, 6.45) is 6.38. The van der Waals surface area contributed by atoms with Crippen LogP contribution in [0.15, 0.2) is 86.0 Å². The van der Waals surface area contributed by atoms with Gasteiger partial charge in [0.1, 0.15) is 28.7 Å². The van der Waals surface area contributed by atoms with Crippen molar-refractivity contribution in [1.29, 1.82) is 4.78 Å². The lowest BCUT2D eigenvalue weighted by molar-refractivity contribution is 0.0663. The molecule has 3 aromatic carbocycles. The van der Waals surface area contributed by atoms with E-state index in [1.54, 1.807) is 42.5 Å². The molecule has 10 rings (SSSR count). The van der Waals surface area contributed by atoms with Crippen molar-refractivity contribution in [3.63, 3.8) is 0 Å². The zero-order chi connectivity index (χ0) is 45.7. The van der Waals surface area contributed by atoms with Gasteiger partial charge in [-0.1, -0.05) is 31.5 Å². The van der Waals surface area contributed by atoms with Crippen LogP contribution in [0.25, 0.3) is 28.1 Å². The Kier molecular flexibility index (Phi) is 10.2. The molecule has 7 aromatic rings. The number of H-pyrrole nitrogens is 1. The lowest BCUT2D eigenvalue weighted by atomic mass is 9.91. The van der Waals surface area contributed by atoms with Gasteiger partial charge in [0.2, 0.25) is 0 Å². The van der Waals surface area contributed by atoms with Crippen molar-refractivity contribution in [1.82, 2.24) is 38.5 Å². The second kappa shape index (κ2) is 15.6. The first-order valence-electron chi connectivity index (χ1n) is 22.0. The number of fused-ring (bicyclic) bond motifs is 2. The van der Waals surface area contributed by atoms with E-state index in [2.05, 4.69) is 35.3 Å². The van der Waals surface area contributed by atoms with Crippen LogP contribution in [0.3, 0.4) is 0 Å². The minimum absolute atomic E-state index is 0.000357. The molecule has 2 aliphatic heterocycles. The predicted octanol–water partition coefficient (Wildman–Crippen LogP) is 7.59. The number of nitrogens with zero attached hydrogens (tertiary/aromatic N) is 7. The van der Waals surface area contributed by atoms with Gasteiger partial charge in [-0.05, 0) is 117 Å². The summed E-state index contributed by atoms with van der Waals surface area (Å²) in [5.74, 6) is -1.17. The molecular formula is C47H49F2N9O6S. The maximum atomic E-state index is 15.8. The van der Waals surface area contributed by atoms with Gasteiger partial charge in [0.25, 0.3) is 5.91 Å². The fraction of sp³-hybridized carbons (Fsp3) is 0.383. The minimum atomic E-state index is -3.23. The largest absolute Gasteiger partial charge is 0.438 e. The van der Waals surface area contributed by atoms with Crippen LogP contribution in [0.5, 0.6) is 0 Å². The number of aryl methyl sites for hydroxylation is 2. The number of aromatic nitrogens is 7. The van der Waals surface area contributed by atoms with Crippen molar-refractivity contribution >= 4 is 26.5 Å². The van der Waals surface area contributed by atoms with Crippen molar-refractivity contribution in [2.75, 3.05) is 25.5 Å². The van der Waals surface area contributed by atoms with Crippen LogP contribution in [0.1, 0.15) is 103 Å². The highest BCUT2D eigenvalue weighted by Crippen LogP contribution is 2.58. The average molecular weight is 906 g/mol. The van der Waals surface area contributed by atoms with E-state index in [1.807, 2.05) is 17.6 Å². The van der Waals surface area contributed by atoms with Crippen LogP contribution in [0, 0.1) is 36.2 Å². The van der Waals surface area contributed by atoms with Crippen LogP contribution in [0.2, 0.25) is 0 Å². The number of amides is 1. The number of nitrogens with one attached hydrogen (secondary N) is 2. The van der Waals surface area contributed by atoms with Gasteiger partial charge < -0.3 is 14.2 Å². The van der Waals surface area contributed by atoms with Crippen LogP contribution in [-0.4, -0.2) is 74.1 Å². The number of carbonyl (C=O) groups excluding carboxylic acids is 1. The standard InChI is InChI=1S/C47H49F2N9O6S/c1-6-32-25-47(32,44-51-45(60)64-53-44)57-37-10-8-30(29-13-18-63-19-14-29)22-31(37)23-39(57)43(59)54-15-12-36-40(28(54)5)42(58(52-36)33-20-26(3)41(49)27(4)21-33)56-17-16-55(46(56)61)38-11-9-34(24-35(38)48)65(50,62)7-2/h8-11,16-17,20-24,28-29,32,50H,6-7,12-15,18-19,25H2,1-5H3,(H,51,53,60)/t28-,32-,47-,65+/m0/s1. The van der Waals surface area contributed by atoms with Crippen molar-refractivity contribution in [2.45, 2.75) is 89.1 Å². The maximum absolute atomic E-state index is 15.8. The molecule has 4 atom stereocenters. The topological polar surface area (TPSA) is 179 Å². The highest BCUT2D eigenvalue weighted by atomic mass is 32.2. The van der Waals surface area contributed by atoms with Gasteiger partial charge in [0.05, 0.1) is 37.7 Å². The summed E-state index contributed by atoms with van der Waals surface area (Å²) in [6, 6.07) is 14.6. The first kappa shape index (κ1) is 42.5. The molecule has 15 nitrogen and oxygen atoms in total. The molecule has 1 saturated carbocycles. The van der Waals surface area contributed by atoms with E-state index in [9.17, 15) is 13.8 Å². The number of halogens is 2. The summed E-state index contributed by atoms with van der Waals surface area (Å²) < 4.78 is 68.7. The van der Waals surface area contributed by atoms with Gasteiger partial charge in [0, 0.05) is 60.8 Å². The monoisotopic (exact) mass is 905 g/mol. The zero-order valence-corrected chi connectivity index (χ0v) is 37.5. The first-order valence-corrected chi connectivity index (χ1v) is 23.8. The highest BCUT2D eigenvalue weighted by Gasteiger charge is 2.60. The van der Waals surface area contributed by atoms with E-state index in [0.717, 1.165) is 46.4 Å². The van der Waals surface area contributed by atoms with Crippen LogP contribution in [0.4, 0.5) is 8.78 Å². The van der Waals surface area contributed by atoms with Gasteiger partial charge in [-0.15, -0.1) is 0 Å². The number of hydrogen-bond acceptors (Lipinski definition) is 9. The number of ether oxygens (including phenoxy) is 1. The molecule has 1 amide bonds. The van der Waals surface area contributed by atoms with Crippen LogP contribution in [-0.2, 0) is 26.4 Å². The first-order chi connectivity index (χ1) is 31.2. The predicted molar refractivity (Wildman–Crippen MR) is 238 cm³/mol. The molecule has 1 aliphatic carbocycles. The van der Waals surface area contributed by atoms with Crippen molar-refractivity contribution in [2.24, 2.45) is 5.92 Å². The SMILES string of the molecule is CC[C@H]1C[C@]1(c1noc(=O)[nH]1)n1c(C(=O)N2CCc3nn(-c4cc(C)c(F)c(C)c4)c(-n4ccn(-c5ccc([S@](=N)(=O)CC)cc5F)c4=O)c3[C@@H]2C)cc2cc(C3CCOCC3)ccc21. The Bertz CT molecular complexity index is 3280. The summed E-state index contributed by atoms with van der Waals surface area (Å²) in [5.41, 5.74) is 3.19. The molecule has 338 valence electrons. The Morgan fingerprint density at radius 1 is 1.00 bits per heavy atom. The molecule has 2 fully saturated rings. The smallest absolute Gasteiger partial charge is 0.381 e. The molecule has 3 aliphatic rings. The Morgan fingerprint density at radius 2 is 1.74 bits per heavy atom. The summed E-state index contributed by atoms with van der Waals surface area (Å²) in [6.45, 7) is 10.5. The summed E-state index contributed by atoms with van der Waals surface area (Å²) >= 11 is 0. The van der Waals surface area contributed by atoms with E-state index in [4.69, 9.17) is 19.1 Å². The Morgan fingerprint density at radius 3 is 2.40 bits per heavy atom. The number of imidazole rings is 1. The molecule has 4 aromatic heterocycles. The molecule has 0 spiro atoms. The second-order valence-corrected chi connectivity index (χ2v) is 20.0. The summed E-state index contributed by atoms with van der Waals surface area (Å²) in [7, 11) is -3.23. The molecule has 65 heavy (non-hydrogen) atoms. The number of benzene rings is 3. The van der Waals surface area contributed by atoms with Gasteiger partial charge in [-0.3, -0.25) is 23.4 Å². The van der Waals surface area contributed by atoms with Crippen LogP contribution >= 0.6 is 0 Å². The molecule has 18 heteroatoms. The number of carbonyl (C=O) groups is 1. The minimum Gasteiger partial charge on any atom is -0.381 e. The molecule has 6 heterocycles. The van der Waals surface area contributed by atoms with Gasteiger partial charge >= 0.3 is 11.4 Å². The molecule has 2 N–H and O–H groups in total. The summed E-state index contributed by atoms with van der Waals surface area (Å²) in [5, 5.41) is 10.1. The van der Waals surface area contributed by atoms with E-state index >= 15 is 13.6 Å². The third kappa shape index (κ3) is 6.73. The second-order valence-electron chi connectivity index (χ2n) is 17.6. The van der Waals surface area contributed by atoms with Crippen LogP contribution < -0.4 is 11.4 Å². The third-order valence-electron chi connectivity index (χ3n) is 13.9. The molecule has 1 saturated heterocycles. The molecular weight excluding hydrogens is 857 g/mol. The van der Waals surface area contributed by atoms with Gasteiger partial charge in [-0.25, -0.2) is 32.0 Å². The molecule has 0 radical (unpaired) electrons. The van der Waals surface area contributed by atoms with Gasteiger partial charge in [-0.2, -0.15) is 5.10 Å². The highest BCUT2D eigenvalue weighted by molar-refractivity contribution is 7.92. The van der Waals surface area contributed by atoms with E-state index in [-0.39, 0.29) is 40.5 Å².